The molecule has 4 rings (SSSR count). The normalized spacial score (nSPS) is 26.9. The molecular weight excluding hydrogens is 399 g/mol. The van der Waals surface area contributed by atoms with E-state index in [-0.39, 0.29) is 24.2 Å². The molecule has 0 radical (unpaired) electrons. The van der Waals surface area contributed by atoms with E-state index in [0.29, 0.717) is 38.4 Å². The molecule has 3 fully saturated rings. The second-order valence-electron chi connectivity index (χ2n) is 8.95. The summed E-state index contributed by atoms with van der Waals surface area (Å²) < 4.78 is 13.2. The number of imide groups is 1. The molecule has 168 valence electrons. The van der Waals surface area contributed by atoms with Gasteiger partial charge in [0.15, 0.2) is 0 Å². The zero-order chi connectivity index (χ0) is 22.0. The van der Waals surface area contributed by atoms with E-state index in [1.54, 1.807) is 17.0 Å². The highest BCUT2D eigenvalue weighted by Crippen LogP contribution is 2.37. The Morgan fingerprint density at radius 3 is 2.48 bits per heavy atom. The number of carbonyl (C=O) groups is 3. The van der Waals surface area contributed by atoms with E-state index in [9.17, 15) is 18.8 Å². The van der Waals surface area contributed by atoms with Gasteiger partial charge >= 0.3 is 6.03 Å². The molecule has 7 nitrogen and oxygen atoms in total. The van der Waals surface area contributed by atoms with Gasteiger partial charge in [0.25, 0.3) is 5.91 Å². The SMILES string of the molecule is CCC1CCC2(CC1)NC(=O)N(CC(=O)N1CCCN(c3ccc(F)cc3)CC1)C2=O. The molecule has 2 aliphatic heterocycles. The molecule has 1 N–H and O–H groups in total. The largest absolute Gasteiger partial charge is 0.370 e. The third kappa shape index (κ3) is 4.38. The highest BCUT2D eigenvalue weighted by Gasteiger charge is 2.52. The van der Waals surface area contributed by atoms with Gasteiger partial charge in [-0.3, -0.25) is 14.5 Å². The molecule has 0 unspecified atom stereocenters. The van der Waals surface area contributed by atoms with E-state index in [4.69, 9.17) is 0 Å². The van der Waals surface area contributed by atoms with Gasteiger partial charge in [0.2, 0.25) is 5.91 Å². The van der Waals surface area contributed by atoms with Crippen molar-refractivity contribution in [2.24, 2.45) is 5.92 Å². The zero-order valence-corrected chi connectivity index (χ0v) is 18.1. The number of nitrogens with zero attached hydrogens (tertiary/aromatic N) is 3. The number of carbonyl (C=O) groups excluding carboxylic acids is 3. The predicted octanol–water partition coefficient (Wildman–Crippen LogP) is 2.76. The molecule has 8 heteroatoms. The Hall–Kier alpha value is -2.64. The van der Waals surface area contributed by atoms with Crippen LogP contribution in [-0.4, -0.2) is 65.9 Å². The summed E-state index contributed by atoms with van der Waals surface area (Å²) in [7, 11) is 0. The van der Waals surface area contributed by atoms with Crippen LogP contribution >= 0.6 is 0 Å². The van der Waals surface area contributed by atoms with Gasteiger partial charge < -0.3 is 15.1 Å². The first-order chi connectivity index (χ1) is 14.9. The van der Waals surface area contributed by atoms with Gasteiger partial charge in [-0.1, -0.05) is 13.3 Å². The molecule has 3 aliphatic rings. The molecule has 1 aliphatic carbocycles. The van der Waals surface area contributed by atoms with Crippen LogP contribution in [0.5, 0.6) is 0 Å². The molecular formula is C23H31FN4O3. The van der Waals surface area contributed by atoms with Crippen molar-refractivity contribution >= 4 is 23.5 Å². The number of halogens is 1. The average Bonchev–Trinajstić information content (AvgIpc) is 2.95. The first-order valence-electron chi connectivity index (χ1n) is 11.3. The highest BCUT2D eigenvalue weighted by molar-refractivity contribution is 6.09. The smallest absolute Gasteiger partial charge is 0.325 e. The first kappa shape index (κ1) is 21.6. The van der Waals surface area contributed by atoms with Gasteiger partial charge in [-0.25, -0.2) is 9.18 Å². The number of benzene rings is 1. The van der Waals surface area contributed by atoms with Crippen LogP contribution in [0.4, 0.5) is 14.9 Å². The molecule has 2 heterocycles. The van der Waals surface area contributed by atoms with Crippen molar-refractivity contribution in [3.05, 3.63) is 30.1 Å². The van der Waals surface area contributed by atoms with Crippen molar-refractivity contribution in [1.82, 2.24) is 15.1 Å². The molecule has 0 atom stereocenters. The Morgan fingerprint density at radius 1 is 1.10 bits per heavy atom. The van der Waals surface area contributed by atoms with Crippen molar-refractivity contribution in [3.63, 3.8) is 0 Å². The maximum absolute atomic E-state index is 13.2. The number of hydrogen-bond donors (Lipinski definition) is 1. The van der Waals surface area contributed by atoms with Crippen molar-refractivity contribution in [2.75, 3.05) is 37.6 Å². The summed E-state index contributed by atoms with van der Waals surface area (Å²) in [5, 5.41) is 2.90. The Balaban J connectivity index is 1.35. The maximum atomic E-state index is 13.2. The molecule has 1 spiro atoms. The molecule has 0 aromatic heterocycles. The fourth-order valence-electron chi connectivity index (χ4n) is 5.05. The van der Waals surface area contributed by atoms with E-state index >= 15 is 0 Å². The van der Waals surface area contributed by atoms with Gasteiger partial charge in [-0.2, -0.15) is 0 Å². The quantitative estimate of drug-likeness (QED) is 0.746. The topological polar surface area (TPSA) is 73.0 Å². The Kier molecular flexibility index (Phi) is 6.16. The number of anilines is 1. The third-order valence-corrected chi connectivity index (χ3v) is 7.12. The summed E-state index contributed by atoms with van der Waals surface area (Å²) in [6.45, 7) is 4.41. The number of urea groups is 1. The molecule has 4 amide bonds. The second kappa shape index (κ2) is 8.85. The highest BCUT2D eigenvalue weighted by atomic mass is 19.1. The lowest BCUT2D eigenvalue weighted by Gasteiger charge is -2.34. The van der Waals surface area contributed by atoms with E-state index in [1.165, 1.54) is 12.1 Å². The lowest BCUT2D eigenvalue weighted by atomic mass is 9.75. The monoisotopic (exact) mass is 430 g/mol. The van der Waals surface area contributed by atoms with Crippen LogP contribution in [0, 0.1) is 11.7 Å². The van der Waals surface area contributed by atoms with Gasteiger partial charge in [0.1, 0.15) is 17.9 Å². The summed E-state index contributed by atoms with van der Waals surface area (Å²) in [4.78, 5) is 43.5. The summed E-state index contributed by atoms with van der Waals surface area (Å²) in [6, 6.07) is 5.91. The van der Waals surface area contributed by atoms with E-state index < -0.39 is 11.6 Å². The first-order valence-corrected chi connectivity index (χ1v) is 11.3. The number of nitrogens with one attached hydrogen (secondary N) is 1. The molecule has 1 aromatic carbocycles. The standard InChI is InChI=1S/C23H31FN4O3/c1-2-17-8-10-23(11-9-17)21(30)28(22(31)25-23)16-20(29)27-13-3-12-26(14-15-27)19-6-4-18(24)5-7-19/h4-7,17H,2-3,8-16H2,1H3,(H,25,31). The van der Waals surface area contributed by atoms with Crippen LogP contribution < -0.4 is 10.2 Å². The van der Waals surface area contributed by atoms with Crippen molar-refractivity contribution in [1.29, 1.82) is 0 Å². The predicted molar refractivity (Wildman–Crippen MR) is 115 cm³/mol. The Bertz CT molecular complexity index is 836. The lowest BCUT2D eigenvalue weighted by Crippen LogP contribution is -2.50. The molecule has 31 heavy (non-hydrogen) atoms. The fraction of sp³-hybridized carbons (Fsp3) is 0.609. The average molecular weight is 431 g/mol. The maximum Gasteiger partial charge on any atom is 0.325 e. The number of hydrogen-bond acceptors (Lipinski definition) is 4. The molecule has 1 aromatic rings. The van der Waals surface area contributed by atoms with Gasteiger partial charge in [-0.15, -0.1) is 0 Å². The Labute approximate surface area is 182 Å². The van der Waals surface area contributed by atoms with E-state index in [1.807, 2.05) is 0 Å². The second-order valence-corrected chi connectivity index (χ2v) is 8.95. The van der Waals surface area contributed by atoms with Crippen LogP contribution in [0.3, 0.4) is 0 Å². The summed E-state index contributed by atoms with van der Waals surface area (Å²) >= 11 is 0. The molecule has 2 saturated heterocycles. The summed E-state index contributed by atoms with van der Waals surface area (Å²) in [5.41, 5.74) is 0.107. The number of rotatable bonds is 4. The molecule has 1 saturated carbocycles. The lowest BCUT2D eigenvalue weighted by molar-refractivity contribution is -0.139. The molecule has 0 bridgehead atoms. The Morgan fingerprint density at radius 2 is 1.81 bits per heavy atom. The van der Waals surface area contributed by atoms with Gasteiger partial charge in [0.05, 0.1) is 0 Å². The van der Waals surface area contributed by atoms with Crippen LogP contribution in [-0.2, 0) is 9.59 Å². The van der Waals surface area contributed by atoms with Crippen LogP contribution in [0.25, 0.3) is 0 Å². The summed E-state index contributed by atoms with van der Waals surface area (Å²) in [5.74, 6) is -0.121. The van der Waals surface area contributed by atoms with Gasteiger partial charge in [-0.05, 0) is 62.3 Å². The van der Waals surface area contributed by atoms with E-state index in [0.717, 1.165) is 42.8 Å². The van der Waals surface area contributed by atoms with Crippen molar-refractivity contribution in [2.45, 2.75) is 51.0 Å². The van der Waals surface area contributed by atoms with E-state index in [2.05, 4.69) is 17.1 Å². The van der Waals surface area contributed by atoms with Gasteiger partial charge in [0, 0.05) is 31.9 Å². The minimum Gasteiger partial charge on any atom is -0.370 e. The minimum absolute atomic E-state index is 0.205. The fourth-order valence-corrected chi connectivity index (χ4v) is 5.05. The van der Waals surface area contributed by atoms with Crippen LogP contribution in [0.1, 0.15) is 45.4 Å². The summed E-state index contributed by atoms with van der Waals surface area (Å²) in [6.07, 6.45) is 5.01. The van der Waals surface area contributed by atoms with Crippen LogP contribution in [0.2, 0.25) is 0 Å². The minimum atomic E-state index is -0.818. The van der Waals surface area contributed by atoms with Crippen molar-refractivity contribution in [3.8, 4) is 0 Å². The zero-order valence-electron chi connectivity index (χ0n) is 18.1. The number of amides is 4. The third-order valence-electron chi connectivity index (χ3n) is 7.12. The van der Waals surface area contributed by atoms with Crippen molar-refractivity contribution < 1.29 is 18.8 Å². The van der Waals surface area contributed by atoms with Crippen LogP contribution in [0.15, 0.2) is 24.3 Å².